The summed E-state index contributed by atoms with van der Waals surface area (Å²) in [5, 5.41) is 13.2. The third kappa shape index (κ3) is 2.33. The van der Waals surface area contributed by atoms with E-state index in [1.165, 1.54) is 0 Å². The predicted octanol–water partition coefficient (Wildman–Crippen LogP) is 3.12. The van der Waals surface area contributed by atoms with Crippen LogP contribution in [-0.4, -0.2) is 22.4 Å². The van der Waals surface area contributed by atoms with E-state index >= 15 is 0 Å². The minimum Gasteiger partial charge on any atom is -0.508 e. The predicted molar refractivity (Wildman–Crippen MR) is 73.4 cm³/mol. The number of rotatable bonds is 3. The van der Waals surface area contributed by atoms with Gasteiger partial charge >= 0.3 is 0 Å². The maximum absolute atomic E-state index is 9.26. The summed E-state index contributed by atoms with van der Waals surface area (Å²) >= 11 is 0. The van der Waals surface area contributed by atoms with E-state index in [1.807, 2.05) is 24.3 Å². The lowest BCUT2D eigenvalue weighted by atomic mass is 10.2. The van der Waals surface area contributed by atoms with E-state index in [1.54, 1.807) is 31.4 Å². The van der Waals surface area contributed by atoms with Crippen molar-refractivity contribution in [1.29, 1.82) is 0 Å². The van der Waals surface area contributed by atoms with Crippen molar-refractivity contribution in [2.24, 2.45) is 0 Å². The van der Waals surface area contributed by atoms with Gasteiger partial charge in [-0.2, -0.15) is 4.98 Å². The van der Waals surface area contributed by atoms with Gasteiger partial charge in [-0.15, -0.1) is 0 Å². The van der Waals surface area contributed by atoms with Gasteiger partial charge in [0.1, 0.15) is 11.5 Å². The molecule has 2 aromatic carbocycles. The average Bonchev–Trinajstić information content (AvgIpc) is 2.98. The molecule has 20 heavy (non-hydrogen) atoms. The van der Waals surface area contributed by atoms with Crippen LogP contribution in [0.2, 0.25) is 0 Å². The van der Waals surface area contributed by atoms with Crippen molar-refractivity contribution in [3.05, 3.63) is 48.5 Å². The molecule has 0 amide bonds. The smallest absolute Gasteiger partial charge is 0.258 e. The van der Waals surface area contributed by atoms with Crippen molar-refractivity contribution in [3.63, 3.8) is 0 Å². The van der Waals surface area contributed by atoms with E-state index in [0.29, 0.717) is 11.7 Å². The van der Waals surface area contributed by atoms with Gasteiger partial charge in [-0.05, 0) is 48.5 Å². The summed E-state index contributed by atoms with van der Waals surface area (Å²) in [4.78, 5) is 4.34. The zero-order valence-corrected chi connectivity index (χ0v) is 10.8. The number of benzene rings is 2. The second-order valence-corrected chi connectivity index (χ2v) is 4.20. The van der Waals surface area contributed by atoms with E-state index in [9.17, 15) is 5.11 Å². The van der Waals surface area contributed by atoms with Gasteiger partial charge in [-0.25, -0.2) is 0 Å². The minimum atomic E-state index is 0.198. The van der Waals surface area contributed by atoms with Crippen LogP contribution < -0.4 is 4.74 Å². The molecule has 0 aliphatic heterocycles. The third-order valence-corrected chi connectivity index (χ3v) is 2.89. The first kappa shape index (κ1) is 12.2. The highest BCUT2D eigenvalue weighted by atomic mass is 16.5. The van der Waals surface area contributed by atoms with Crippen LogP contribution in [0.25, 0.3) is 22.8 Å². The summed E-state index contributed by atoms with van der Waals surface area (Å²) in [7, 11) is 1.62. The van der Waals surface area contributed by atoms with Crippen molar-refractivity contribution in [3.8, 4) is 34.3 Å². The van der Waals surface area contributed by atoms with Crippen LogP contribution in [0.3, 0.4) is 0 Å². The highest BCUT2D eigenvalue weighted by Crippen LogP contribution is 2.24. The molecular weight excluding hydrogens is 256 g/mol. The average molecular weight is 268 g/mol. The van der Waals surface area contributed by atoms with Gasteiger partial charge < -0.3 is 14.4 Å². The SMILES string of the molecule is COc1ccc(-c2noc(-c3ccc(O)cc3)n2)cc1. The molecule has 0 atom stereocenters. The van der Waals surface area contributed by atoms with Gasteiger partial charge in [-0.3, -0.25) is 0 Å². The monoisotopic (exact) mass is 268 g/mol. The van der Waals surface area contributed by atoms with Crippen LogP contribution in [0, 0.1) is 0 Å². The number of aromatic hydroxyl groups is 1. The molecule has 5 nitrogen and oxygen atoms in total. The molecule has 0 unspecified atom stereocenters. The molecule has 3 aromatic rings. The van der Waals surface area contributed by atoms with Gasteiger partial charge in [0.05, 0.1) is 7.11 Å². The van der Waals surface area contributed by atoms with E-state index in [-0.39, 0.29) is 5.75 Å². The second kappa shape index (κ2) is 5.05. The summed E-state index contributed by atoms with van der Waals surface area (Å²) < 4.78 is 10.3. The lowest BCUT2D eigenvalue weighted by molar-refractivity contribution is 0.414. The third-order valence-electron chi connectivity index (χ3n) is 2.89. The molecule has 0 fully saturated rings. The molecule has 100 valence electrons. The van der Waals surface area contributed by atoms with Gasteiger partial charge in [-0.1, -0.05) is 5.16 Å². The Morgan fingerprint density at radius 3 is 2.25 bits per heavy atom. The lowest BCUT2D eigenvalue weighted by Gasteiger charge is -1.99. The molecule has 5 heteroatoms. The fourth-order valence-electron chi connectivity index (χ4n) is 1.80. The zero-order chi connectivity index (χ0) is 13.9. The first-order chi connectivity index (χ1) is 9.76. The molecule has 0 saturated carbocycles. The number of nitrogens with zero attached hydrogens (tertiary/aromatic N) is 2. The fourth-order valence-corrected chi connectivity index (χ4v) is 1.80. The highest BCUT2D eigenvalue weighted by molar-refractivity contribution is 5.60. The summed E-state index contributed by atoms with van der Waals surface area (Å²) in [5.74, 6) is 1.89. The van der Waals surface area contributed by atoms with Crippen molar-refractivity contribution in [2.45, 2.75) is 0 Å². The van der Waals surface area contributed by atoms with Gasteiger partial charge in [0, 0.05) is 11.1 Å². The van der Waals surface area contributed by atoms with Crippen LogP contribution >= 0.6 is 0 Å². The molecule has 1 N–H and O–H groups in total. The molecule has 1 aromatic heterocycles. The molecule has 3 rings (SSSR count). The molecular formula is C15H12N2O3. The summed E-state index contributed by atoms with van der Waals surface area (Å²) in [6, 6.07) is 14.0. The van der Waals surface area contributed by atoms with Gasteiger partial charge in [0.15, 0.2) is 0 Å². The van der Waals surface area contributed by atoms with Crippen molar-refractivity contribution in [1.82, 2.24) is 10.1 Å². The first-order valence-electron chi connectivity index (χ1n) is 6.04. The number of hydrogen-bond donors (Lipinski definition) is 1. The van der Waals surface area contributed by atoms with Crippen molar-refractivity contribution < 1.29 is 14.4 Å². The maximum atomic E-state index is 9.26. The van der Waals surface area contributed by atoms with Crippen molar-refractivity contribution >= 4 is 0 Å². The highest BCUT2D eigenvalue weighted by Gasteiger charge is 2.10. The van der Waals surface area contributed by atoms with Crippen LogP contribution in [0.5, 0.6) is 11.5 Å². The Balaban J connectivity index is 1.91. The number of phenols is 1. The summed E-state index contributed by atoms with van der Waals surface area (Å²) in [6.07, 6.45) is 0. The van der Waals surface area contributed by atoms with E-state index < -0.39 is 0 Å². The molecule has 1 heterocycles. The Hall–Kier alpha value is -2.82. The number of phenolic OH excluding ortho intramolecular Hbond substituents is 1. The zero-order valence-electron chi connectivity index (χ0n) is 10.8. The fraction of sp³-hybridized carbons (Fsp3) is 0.0667. The number of methoxy groups -OCH3 is 1. The van der Waals surface area contributed by atoms with E-state index in [2.05, 4.69) is 10.1 Å². The number of hydrogen-bond acceptors (Lipinski definition) is 5. The lowest BCUT2D eigenvalue weighted by Crippen LogP contribution is -1.84. The normalized spacial score (nSPS) is 10.4. The molecule has 0 bridgehead atoms. The Kier molecular flexibility index (Phi) is 3.09. The molecule has 0 spiro atoms. The summed E-state index contributed by atoms with van der Waals surface area (Å²) in [6.45, 7) is 0. The van der Waals surface area contributed by atoms with Gasteiger partial charge in [0.25, 0.3) is 5.89 Å². The van der Waals surface area contributed by atoms with Crippen LogP contribution in [-0.2, 0) is 0 Å². The second-order valence-electron chi connectivity index (χ2n) is 4.20. The Labute approximate surface area is 115 Å². The maximum Gasteiger partial charge on any atom is 0.258 e. The van der Waals surface area contributed by atoms with Crippen LogP contribution in [0.4, 0.5) is 0 Å². The van der Waals surface area contributed by atoms with Crippen LogP contribution in [0.1, 0.15) is 0 Å². The standard InChI is InChI=1S/C15H12N2O3/c1-19-13-8-4-10(5-9-13)14-16-15(20-17-14)11-2-6-12(18)7-3-11/h2-9,18H,1H3. The Bertz CT molecular complexity index is 703. The van der Waals surface area contributed by atoms with Gasteiger partial charge in [0.2, 0.25) is 5.82 Å². The first-order valence-corrected chi connectivity index (χ1v) is 6.04. The van der Waals surface area contributed by atoms with E-state index in [0.717, 1.165) is 16.9 Å². The summed E-state index contributed by atoms with van der Waals surface area (Å²) in [5.41, 5.74) is 1.61. The number of ether oxygens (including phenoxy) is 1. The topological polar surface area (TPSA) is 68.4 Å². The largest absolute Gasteiger partial charge is 0.508 e. The molecule has 0 saturated heterocycles. The minimum absolute atomic E-state index is 0.198. The molecule has 0 aliphatic rings. The quantitative estimate of drug-likeness (QED) is 0.790. The molecule has 0 radical (unpaired) electrons. The number of aromatic nitrogens is 2. The van der Waals surface area contributed by atoms with Crippen molar-refractivity contribution in [2.75, 3.05) is 7.11 Å². The Morgan fingerprint density at radius 1 is 0.950 bits per heavy atom. The molecule has 0 aliphatic carbocycles. The van der Waals surface area contributed by atoms with E-state index in [4.69, 9.17) is 9.26 Å². The van der Waals surface area contributed by atoms with Crippen LogP contribution in [0.15, 0.2) is 53.1 Å². The Morgan fingerprint density at radius 2 is 1.60 bits per heavy atom.